The van der Waals surface area contributed by atoms with Crippen LogP contribution in [0.1, 0.15) is 47.2 Å². The van der Waals surface area contributed by atoms with Crippen molar-refractivity contribution in [1.82, 2.24) is 9.88 Å². The third kappa shape index (κ3) is 4.43. The van der Waals surface area contributed by atoms with Gasteiger partial charge >= 0.3 is 0 Å². The lowest BCUT2D eigenvalue weighted by Crippen LogP contribution is -2.32. The minimum atomic E-state index is -0.368. The molecule has 1 unspecified atom stereocenters. The molecule has 4 nitrogen and oxygen atoms in total. The van der Waals surface area contributed by atoms with E-state index in [2.05, 4.69) is 59.5 Å². The summed E-state index contributed by atoms with van der Waals surface area (Å²) in [6.45, 7) is 0.952. The molecule has 0 saturated carbocycles. The number of primary amides is 1. The topological polar surface area (TPSA) is 60.1 Å². The Morgan fingerprint density at radius 2 is 2.00 bits per heavy atom. The van der Waals surface area contributed by atoms with Gasteiger partial charge in [0.1, 0.15) is 0 Å². The molecule has 3 aromatic rings. The lowest BCUT2D eigenvalue weighted by Gasteiger charge is -2.24. The number of carbonyl (C=O) groups excluding carboxylic acids is 1. The highest BCUT2D eigenvalue weighted by Gasteiger charge is 2.16. The second kappa shape index (κ2) is 8.66. The van der Waals surface area contributed by atoms with Crippen molar-refractivity contribution in [3.8, 4) is 0 Å². The number of nitrogens with one attached hydrogen (secondary N) is 1. The van der Waals surface area contributed by atoms with E-state index in [1.807, 2.05) is 12.1 Å². The average Bonchev–Trinajstić information content (AvgIpc) is 3.07. The molecule has 150 valence electrons. The number of hydrogen-bond donors (Lipinski definition) is 2. The molecule has 4 rings (SSSR count). The van der Waals surface area contributed by atoms with Crippen LogP contribution in [0.2, 0.25) is 0 Å². The SMILES string of the molecule is Cn1cc(CCCCC2CC(c3ccccc3)=CCN2)c2cc(C(N)=O)ccc21. The third-order valence-electron chi connectivity index (χ3n) is 5.97. The summed E-state index contributed by atoms with van der Waals surface area (Å²) in [5.41, 5.74) is 11.3. The molecule has 0 saturated heterocycles. The lowest BCUT2D eigenvalue weighted by atomic mass is 9.92. The molecular formula is C25H29N3O. The van der Waals surface area contributed by atoms with Gasteiger partial charge in [-0.05, 0) is 60.6 Å². The van der Waals surface area contributed by atoms with Crippen LogP contribution in [0.15, 0.2) is 60.8 Å². The number of carbonyl (C=O) groups is 1. The number of benzene rings is 2. The van der Waals surface area contributed by atoms with Gasteiger partial charge in [0.2, 0.25) is 5.91 Å². The van der Waals surface area contributed by atoms with E-state index in [0.717, 1.165) is 36.7 Å². The predicted octanol–water partition coefficient (Wildman–Crippen LogP) is 4.44. The van der Waals surface area contributed by atoms with E-state index in [-0.39, 0.29) is 5.91 Å². The van der Waals surface area contributed by atoms with Gasteiger partial charge in [0.25, 0.3) is 0 Å². The average molecular weight is 388 g/mol. The minimum absolute atomic E-state index is 0.368. The Balaban J connectivity index is 1.33. The molecule has 0 spiro atoms. The Morgan fingerprint density at radius 1 is 1.17 bits per heavy atom. The summed E-state index contributed by atoms with van der Waals surface area (Å²) in [5, 5.41) is 4.79. The molecule has 1 amide bonds. The zero-order chi connectivity index (χ0) is 20.2. The highest BCUT2D eigenvalue weighted by Crippen LogP contribution is 2.26. The van der Waals surface area contributed by atoms with E-state index in [0.29, 0.717) is 11.6 Å². The minimum Gasteiger partial charge on any atom is -0.366 e. The van der Waals surface area contributed by atoms with Crippen LogP contribution in [0.5, 0.6) is 0 Å². The molecule has 29 heavy (non-hydrogen) atoms. The predicted molar refractivity (Wildman–Crippen MR) is 120 cm³/mol. The van der Waals surface area contributed by atoms with Gasteiger partial charge in [0.15, 0.2) is 0 Å². The third-order valence-corrected chi connectivity index (χ3v) is 5.97. The summed E-state index contributed by atoms with van der Waals surface area (Å²) >= 11 is 0. The second-order valence-corrected chi connectivity index (χ2v) is 8.01. The zero-order valence-electron chi connectivity index (χ0n) is 17.0. The Bertz CT molecular complexity index is 1030. The number of nitrogens with zero attached hydrogens (tertiary/aromatic N) is 1. The van der Waals surface area contributed by atoms with Gasteiger partial charge in [-0.3, -0.25) is 4.79 Å². The first kappa shape index (κ1) is 19.5. The van der Waals surface area contributed by atoms with Crippen molar-refractivity contribution < 1.29 is 4.79 Å². The molecule has 1 aliphatic heterocycles. The normalized spacial score (nSPS) is 16.7. The maximum Gasteiger partial charge on any atom is 0.248 e. The molecule has 4 heteroatoms. The molecule has 0 bridgehead atoms. The molecule has 2 heterocycles. The summed E-state index contributed by atoms with van der Waals surface area (Å²) in [7, 11) is 2.05. The number of aryl methyl sites for hydroxylation is 2. The number of hydrogen-bond acceptors (Lipinski definition) is 2. The first-order valence-electron chi connectivity index (χ1n) is 10.5. The van der Waals surface area contributed by atoms with E-state index in [1.54, 1.807) is 6.07 Å². The Morgan fingerprint density at radius 3 is 2.79 bits per heavy atom. The number of rotatable bonds is 7. The fourth-order valence-electron chi connectivity index (χ4n) is 4.39. The van der Waals surface area contributed by atoms with Crippen LogP contribution in [0.25, 0.3) is 16.5 Å². The van der Waals surface area contributed by atoms with Crippen molar-refractivity contribution in [3.63, 3.8) is 0 Å². The van der Waals surface area contributed by atoms with Crippen LogP contribution in [-0.4, -0.2) is 23.1 Å². The molecule has 2 aromatic carbocycles. The number of unbranched alkanes of at least 4 members (excludes halogenated alkanes) is 1. The lowest BCUT2D eigenvalue weighted by molar-refractivity contribution is 0.100. The summed E-state index contributed by atoms with van der Waals surface area (Å²) in [5.74, 6) is -0.368. The quantitative estimate of drug-likeness (QED) is 0.589. The van der Waals surface area contributed by atoms with Crippen LogP contribution in [0.3, 0.4) is 0 Å². The first-order chi connectivity index (χ1) is 14.1. The molecule has 0 aliphatic carbocycles. The van der Waals surface area contributed by atoms with Gasteiger partial charge in [-0.25, -0.2) is 0 Å². The molecule has 0 radical (unpaired) electrons. The van der Waals surface area contributed by atoms with Gasteiger partial charge in [-0.1, -0.05) is 42.8 Å². The van der Waals surface area contributed by atoms with Crippen LogP contribution in [0.4, 0.5) is 0 Å². The Hall–Kier alpha value is -2.85. The highest BCUT2D eigenvalue weighted by molar-refractivity contribution is 5.98. The van der Waals surface area contributed by atoms with Gasteiger partial charge < -0.3 is 15.6 Å². The molecule has 3 N–H and O–H groups in total. The van der Waals surface area contributed by atoms with Gasteiger partial charge in [-0.15, -0.1) is 0 Å². The largest absolute Gasteiger partial charge is 0.366 e. The highest BCUT2D eigenvalue weighted by atomic mass is 16.1. The van der Waals surface area contributed by atoms with E-state index < -0.39 is 0 Å². The number of aromatic nitrogens is 1. The van der Waals surface area contributed by atoms with Crippen molar-refractivity contribution in [2.75, 3.05) is 6.54 Å². The smallest absolute Gasteiger partial charge is 0.248 e. The van der Waals surface area contributed by atoms with E-state index in [9.17, 15) is 4.79 Å². The summed E-state index contributed by atoms with van der Waals surface area (Å²) < 4.78 is 2.13. The van der Waals surface area contributed by atoms with E-state index in [4.69, 9.17) is 5.73 Å². The summed E-state index contributed by atoms with van der Waals surface area (Å²) in [4.78, 5) is 11.5. The van der Waals surface area contributed by atoms with E-state index >= 15 is 0 Å². The van der Waals surface area contributed by atoms with Crippen LogP contribution in [0, 0.1) is 0 Å². The Kier molecular flexibility index (Phi) is 5.81. The molecular weight excluding hydrogens is 358 g/mol. The van der Waals surface area contributed by atoms with Crippen molar-refractivity contribution in [2.24, 2.45) is 12.8 Å². The molecule has 1 aliphatic rings. The number of fused-ring (bicyclic) bond motifs is 1. The number of nitrogens with two attached hydrogens (primary N) is 1. The zero-order valence-corrected chi connectivity index (χ0v) is 17.0. The molecule has 0 fully saturated rings. The Labute approximate surface area is 172 Å². The van der Waals surface area contributed by atoms with Gasteiger partial charge in [0.05, 0.1) is 0 Å². The van der Waals surface area contributed by atoms with Crippen molar-refractivity contribution in [1.29, 1.82) is 0 Å². The van der Waals surface area contributed by atoms with E-state index in [1.165, 1.54) is 29.5 Å². The second-order valence-electron chi connectivity index (χ2n) is 8.01. The standard InChI is InChI=1S/C25H29N3O/c1-28-17-21(23-16-20(25(26)29)11-12-24(23)28)9-5-6-10-22-15-19(13-14-27-22)18-7-3-2-4-8-18/h2-4,7-8,11-13,16-17,22,27H,5-6,9-10,14-15H2,1H3,(H2,26,29). The van der Waals surface area contributed by atoms with Crippen LogP contribution in [-0.2, 0) is 13.5 Å². The van der Waals surface area contributed by atoms with Crippen molar-refractivity contribution in [2.45, 2.75) is 38.1 Å². The summed E-state index contributed by atoms with van der Waals surface area (Å²) in [6.07, 6.45) is 10.1. The van der Waals surface area contributed by atoms with Gasteiger partial charge in [-0.2, -0.15) is 0 Å². The monoisotopic (exact) mass is 387 g/mol. The first-order valence-corrected chi connectivity index (χ1v) is 10.5. The van der Waals surface area contributed by atoms with Crippen LogP contribution < -0.4 is 11.1 Å². The fourth-order valence-corrected chi connectivity index (χ4v) is 4.39. The maximum absolute atomic E-state index is 11.5. The molecule has 1 atom stereocenters. The van der Waals surface area contributed by atoms with Crippen molar-refractivity contribution >= 4 is 22.4 Å². The fraction of sp³-hybridized carbons (Fsp3) is 0.320. The molecule has 1 aromatic heterocycles. The van der Waals surface area contributed by atoms with Crippen LogP contribution >= 0.6 is 0 Å². The van der Waals surface area contributed by atoms with Gasteiger partial charge in [0, 0.05) is 42.3 Å². The summed E-state index contributed by atoms with van der Waals surface area (Å²) in [6, 6.07) is 17.0. The maximum atomic E-state index is 11.5. The van der Waals surface area contributed by atoms with Crippen molar-refractivity contribution in [3.05, 3.63) is 77.5 Å². The number of amides is 1.